The first kappa shape index (κ1) is 16.7. The maximum atomic E-state index is 12.2. The van der Waals surface area contributed by atoms with Gasteiger partial charge in [-0.15, -0.1) is 0 Å². The van der Waals surface area contributed by atoms with Crippen molar-refractivity contribution in [3.05, 3.63) is 59.4 Å². The van der Waals surface area contributed by atoms with Gasteiger partial charge in [0.05, 0.1) is 30.1 Å². The van der Waals surface area contributed by atoms with E-state index >= 15 is 0 Å². The number of H-pyrrole nitrogens is 1. The summed E-state index contributed by atoms with van der Waals surface area (Å²) in [6.07, 6.45) is 1.10. The molecule has 0 saturated heterocycles. The van der Waals surface area contributed by atoms with E-state index in [4.69, 9.17) is 0 Å². The van der Waals surface area contributed by atoms with Gasteiger partial charge in [-0.3, -0.25) is 4.79 Å². The van der Waals surface area contributed by atoms with Crippen LogP contribution in [0.15, 0.2) is 42.5 Å². The van der Waals surface area contributed by atoms with Crippen LogP contribution in [0.3, 0.4) is 0 Å². The number of amides is 1. The Kier molecular flexibility index (Phi) is 4.79. The maximum absolute atomic E-state index is 12.2. The highest BCUT2D eigenvalue weighted by atomic mass is 16.5. The zero-order chi connectivity index (χ0) is 17.8. The number of nitrogens with one attached hydrogen (secondary N) is 2. The molecule has 6 nitrogen and oxygen atoms in total. The molecule has 128 valence electrons. The van der Waals surface area contributed by atoms with Crippen molar-refractivity contribution in [2.45, 2.75) is 19.8 Å². The van der Waals surface area contributed by atoms with Gasteiger partial charge in [0.1, 0.15) is 5.82 Å². The second kappa shape index (κ2) is 7.17. The SMILES string of the molecule is CCc1nc2ccc(CC(=O)Nc3ccc(C(=O)OC)cc3)cc2[nH]1. The van der Waals surface area contributed by atoms with E-state index in [0.29, 0.717) is 11.3 Å². The molecule has 0 aliphatic carbocycles. The Morgan fingerprint density at radius 1 is 1.16 bits per heavy atom. The summed E-state index contributed by atoms with van der Waals surface area (Å²) >= 11 is 0. The van der Waals surface area contributed by atoms with Gasteiger partial charge in [0, 0.05) is 12.1 Å². The van der Waals surface area contributed by atoms with Gasteiger partial charge in [-0.1, -0.05) is 13.0 Å². The molecule has 2 aromatic carbocycles. The Morgan fingerprint density at radius 2 is 1.92 bits per heavy atom. The topological polar surface area (TPSA) is 84.1 Å². The standard InChI is InChI=1S/C19H19N3O3/c1-3-17-21-15-9-4-12(10-16(15)22-17)11-18(23)20-14-7-5-13(6-8-14)19(24)25-2/h4-10H,3,11H2,1-2H3,(H,20,23)(H,21,22). The van der Waals surface area contributed by atoms with Gasteiger partial charge in [0.2, 0.25) is 5.91 Å². The number of ether oxygens (including phenoxy) is 1. The second-order valence-corrected chi connectivity index (χ2v) is 5.68. The Balaban J connectivity index is 1.66. The van der Waals surface area contributed by atoms with Gasteiger partial charge in [-0.2, -0.15) is 0 Å². The minimum atomic E-state index is -0.405. The highest BCUT2D eigenvalue weighted by molar-refractivity contribution is 5.94. The first-order chi connectivity index (χ1) is 12.1. The third-order valence-corrected chi connectivity index (χ3v) is 3.88. The number of carbonyl (C=O) groups is 2. The zero-order valence-corrected chi connectivity index (χ0v) is 14.1. The predicted molar refractivity (Wildman–Crippen MR) is 95.6 cm³/mol. The molecule has 0 saturated carbocycles. The summed E-state index contributed by atoms with van der Waals surface area (Å²) in [6, 6.07) is 12.4. The summed E-state index contributed by atoms with van der Waals surface area (Å²) in [5, 5.41) is 2.82. The number of nitrogens with zero attached hydrogens (tertiary/aromatic N) is 1. The summed E-state index contributed by atoms with van der Waals surface area (Å²) in [6.45, 7) is 2.04. The molecule has 0 aliphatic rings. The van der Waals surface area contributed by atoms with E-state index < -0.39 is 5.97 Å². The van der Waals surface area contributed by atoms with Gasteiger partial charge < -0.3 is 15.0 Å². The van der Waals surface area contributed by atoms with Crippen molar-refractivity contribution in [1.82, 2.24) is 9.97 Å². The fourth-order valence-corrected chi connectivity index (χ4v) is 2.59. The van der Waals surface area contributed by atoms with E-state index in [-0.39, 0.29) is 12.3 Å². The van der Waals surface area contributed by atoms with E-state index in [1.165, 1.54) is 7.11 Å². The number of benzene rings is 2. The molecule has 3 rings (SSSR count). The number of anilines is 1. The van der Waals surface area contributed by atoms with E-state index in [1.54, 1.807) is 24.3 Å². The maximum Gasteiger partial charge on any atom is 0.337 e. The molecule has 3 aromatic rings. The van der Waals surface area contributed by atoms with Crippen LogP contribution < -0.4 is 5.32 Å². The van der Waals surface area contributed by atoms with E-state index in [9.17, 15) is 9.59 Å². The first-order valence-corrected chi connectivity index (χ1v) is 8.05. The molecule has 0 unspecified atom stereocenters. The first-order valence-electron chi connectivity index (χ1n) is 8.05. The minimum absolute atomic E-state index is 0.125. The number of methoxy groups -OCH3 is 1. The average molecular weight is 337 g/mol. The van der Waals surface area contributed by atoms with E-state index in [0.717, 1.165) is 28.8 Å². The van der Waals surface area contributed by atoms with Crippen LogP contribution in [0.4, 0.5) is 5.69 Å². The van der Waals surface area contributed by atoms with Crippen LogP contribution in [0, 0.1) is 0 Å². The number of fused-ring (bicyclic) bond motifs is 1. The monoisotopic (exact) mass is 337 g/mol. The van der Waals surface area contributed by atoms with Crippen LogP contribution in [0.25, 0.3) is 11.0 Å². The number of rotatable bonds is 5. The zero-order valence-electron chi connectivity index (χ0n) is 14.1. The number of aromatic nitrogens is 2. The Labute approximate surface area is 145 Å². The summed E-state index contributed by atoms with van der Waals surface area (Å²) in [7, 11) is 1.33. The summed E-state index contributed by atoms with van der Waals surface area (Å²) in [5.74, 6) is 0.403. The van der Waals surface area contributed by atoms with Gasteiger partial charge in [0.15, 0.2) is 0 Å². The highest BCUT2D eigenvalue weighted by Crippen LogP contribution is 2.16. The Morgan fingerprint density at radius 3 is 2.60 bits per heavy atom. The number of imidazole rings is 1. The highest BCUT2D eigenvalue weighted by Gasteiger charge is 2.09. The van der Waals surface area contributed by atoms with Crippen molar-refractivity contribution in [2.24, 2.45) is 0 Å². The lowest BCUT2D eigenvalue weighted by Crippen LogP contribution is -2.14. The third-order valence-electron chi connectivity index (χ3n) is 3.88. The Hall–Kier alpha value is -3.15. The smallest absolute Gasteiger partial charge is 0.337 e. The largest absolute Gasteiger partial charge is 0.465 e. The quantitative estimate of drug-likeness (QED) is 0.701. The molecule has 6 heteroatoms. The molecule has 0 atom stereocenters. The average Bonchev–Trinajstić information content (AvgIpc) is 3.04. The number of hydrogen-bond donors (Lipinski definition) is 2. The number of hydrogen-bond acceptors (Lipinski definition) is 4. The molecule has 0 aliphatic heterocycles. The molecule has 0 spiro atoms. The van der Waals surface area contributed by atoms with Crippen molar-refractivity contribution in [1.29, 1.82) is 0 Å². The molecule has 1 heterocycles. The fraction of sp³-hybridized carbons (Fsp3) is 0.211. The van der Waals surface area contributed by atoms with Gasteiger partial charge in [-0.25, -0.2) is 9.78 Å². The van der Waals surface area contributed by atoms with Crippen molar-refractivity contribution in [3.63, 3.8) is 0 Å². The van der Waals surface area contributed by atoms with Crippen molar-refractivity contribution < 1.29 is 14.3 Å². The molecule has 0 fully saturated rings. The van der Waals surface area contributed by atoms with Gasteiger partial charge in [0.25, 0.3) is 0 Å². The molecular weight excluding hydrogens is 318 g/mol. The number of aryl methyl sites for hydroxylation is 1. The van der Waals surface area contributed by atoms with Crippen molar-refractivity contribution in [2.75, 3.05) is 12.4 Å². The summed E-state index contributed by atoms with van der Waals surface area (Å²) in [5.41, 5.74) is 3.82. The molecule has 1 aromatic heterocycles. The fourth-order valence-electron chi connectivity index (χ4n) is 2.59. The lowest BCUT2D eigenvalue weighted by atomic mass is 10.1. The van der Waals surface area contributed by atoms with Crippen LogP contribution in [0.1, 0.15) is 28.7 Å². The minimum Gasteiger partial charge on any atom is -0.465 e. The molecule has 0 radical (unpaired) electrons. The summed E-state index contributed by atoms with van der Waals surface area (Å²) < 4.78 is 4.65. The lowest BCUT2D eigenvalue weighted by molar-refractivity contribution is -0.115. The number of carbonyl (C=O) groups excluding carboxylic acids is 2. The molecule has 25 heavy (non-hydrogen) atoms. The number of aromatic amines is 1. The van der Waals surface area contributed by atoms with Crippen LogP contribution in [0.5, 0.6) is 0 Å². The van der Waals surface area contributed by atoms with Crippen LogP contribution in [0.2, 0.25) is 0 Å². The van der Waals surface area contributed by atoms with Crippen LogP contribution in [-0.4, -0.2) is 29.0 Å². The van der Waals surface area contributed by atoms with Crippen molar-refractivity contribution >= 4 is 28.6 Å². The van der Waals surface area contributed by atoms with Gasteiger partial charge in [-0.05, 0) is 42.0 Å². The normalized spacial score (nSPS) is 10.6. The molecular formula is C19H19N3O3. The Bertz CT molecular complexity index is 913. The third kappa shape index (κ3) is 3.85. The van der Waals surface area contributed by atoms with Crippen LogP contribution in [-0.2, 0) is 22.4 Å². The van der Waals surface area contributed by atoms with E-state index in [2.05, 4.69) is 20.0 Å². The second-order valence-electron chi connectivity index (χ2n) is 5.68. The van der Waals surface area contributed by atoms with Crippen LogP contribution >= 0.6 is 0 Å². The molecule has 1 amide bonds. The van der Waals surface area contributed by atoms with Crippen molar-refractivity contribution in [3.8, 4) is 0 Å². The van der Waals surface area contributed by atoms with E-state index in [1.807, 2.05) is 25.1 Å². The lowest BCUT2D eigenvalue weighted by Gasteiger charge is -2.06. The molecule has 0 bridgehead atoms. The van der Waals surface area contributed by atoms with Gasteiger partial charge >= 0.3 is 5.97 Å². The molecule has 2 N–H and O–H groups in total. The summed E-state index contributed by atoms with van der Waals surface area (Å²) in [4.78, 5) is 31.3. The predicted octanol–water partition coefficient (Wildman–Crippen LogP) is 3.09. The number of esters is 1.